The Kier molecular flexibility index (Phi) is 4.27. The third-order valence-electron chi connectivity index (χ3n) is 4.93. The maximum absolute atomic E-state index is 14.4. The van der Waals surface area contributed by atoms with Crippen molar-refractivity contribution in [3.05, 3.63) is 30.1 Å². The molecule has 2 aliphatic heterocycles. The Morgan fingerprint density at radius 2 is 2.00 bits per heavy atom. The van der Waals surface area contributed by atoms with Gasteiger partial charge in [-0.3, -0.25) is 14.6 Å². The fourth-order valence-corrected chi connectivity index (χ4v) is 3.89. The highest BCUT2D eigenvalue weighted by Crippen LogP contribution is 2.45. The maximum atomic E-state index is 14.4. The second-order valence-corrected chi connectivity index (χ2v) is 6.70. The van der Waals surface area contributed by atoms with E-state index in [-0.39, 0.29) is 12.5 Å². The molecule has 5 nitrogen and oxygen atoms in total. The lowest BCUT2D eigenvalue weighted by molar-refractivity contribution is -0.165. The molecule has 1 spiro atoms. The van der Waals surface area contributed by atoms with Crippen molar-refractivity contribution in [2.75, 3.05) is 26.2 Å². The number of rotatable bonds is 2. The number of alkyl halides is 2. The second-order valence-electron chi connectivity index (χ2n) is 6.70. The molecule has 0 saturated carbocycles. The van der Waals surface area contributed by atoms with Gasteiger partial charge in [-0.05, 0) is 31.9 Å². The van der Waals surface area contributed by atoms with Gasteiger partial charge in [-0.1, -0.05) is 0 Å². The molecule has 0 N–H and O–H groups in total. The van der Waals surface area contributed by atoms with Crippen molar-refractivity contribution in [2.24, 2.45) is 5.41 Å². The van der Waals surface area contributed by atoms with E-state index in [2.05, 4.69) is 4.98 Å². The van der Waals surface area contributed by atoms with Crippen molar-refractivity contribution in [1.29, 1.82) is 0 Å². The first-order valence-electron chi connectivity index (χ1n) is 8.23. The molecule has 24 heavy (non-hydrogen) atoms. The molecular weight excluding hydrogens is 316 g/mol. The normalized spacial score (nSPS) is 26.7. The summed E-state index contributed by atoms with van der Waals surface area (Å²) in [4.78, 5) is 32.0. The smallest absolute Gasteiger partial charge is 0.266 e. The second kappa shape index (κ2) is 6.11. The monoisotopic (exact) mass is 337 g/mol. The number of nitrogens with zero attached hydrogens (tertiary/aromatic N) is 3. The van der Waals surface area contributed by atoms with Crippen LogP contribution >= 0.6 is 0 Å². The minimum atomic E-state index is -3.06. The molecule has 0 aliphatic carbocycles. The molecule has 3 rings (SSSR count). The predicted octanol–water partition coefficient (Wildman–Crippen LogP) is 2.19. The van der Waals surface area contributed by atoms with Crippen molar-refractivity contribution in [3.63, 3.8) is 0 Å². The van der Waals surface area contributed by atoms with E-state index in [9.17, 15) is 18.4 Å². The zero-order valence-electron chi connectivity index (χ0n) is 13.7. The Hall–Kier alpha value is -2.05. The van der Waals surface area contributed by atoms with Crippen LogP contribution in [0.5, 0.6) is 0 Å². The van der Waals surface area contributed by atoms with Gasteiger partial charge >= 0.3 is 0 Å². The van der Waals surface area contributed by atoms with E-state index >= 15 is 0 Å². The predicted molar refractivity (Wildman–Crippen MR) is 83.6 cm³/mol. The van der Waals surface area contributed by atoms with E-state index in [1.807, 2.05) is 6.92 Å². The number of hydrogen-bond donors (Lipinski definition) is 0. The molecule has 0 aromatic carbocycles. The van der Waals surface area contributed by atoms with Gasteiger partial charge in [0.1, 0.15) is 0 Å². The summed E-state index contributed by atoms with van der Waals surface area (Å²) in [5, 5.41) is 0. The Bertz CT molecular complexity index is 638. The summed E-state index contributed by atoms with van der Waals surface area (Å²) in [5.74, 6) is -3.78. The molecule has 7 heteroatoms. The minimum Gasteiger partial charge on any atom is -0.342 e. The third kappa shape index (κ3) is 2.99. The number of carbonyl (C=O) groups excluding carboxylic acids is 2. The van der Waals surface area contributed by atoms with Crippen LogP contribution in [0, 0.1) is 5.41 Å². The number of aromatic nitrogens is 1. The number of likely N-dealkylation sites (tertiary alicyclic amines) is 2. The van der Waals surface area contributed by atoms with Gasteiger partial charge < -0.3 is 9.80 Å². The van der Waals surface area contributed by atoms with Gasteiger partial charge in [0.25, 0.3) is 11.8 Å². The zero-order chi connectivity index (χ0) is 17.4. The van der Waals surface area contributed by atoms with Crippen LogP contribution in [-0.4, -0.2) is 58.7 Å². The molecule has 2 fully saturated rings. The molecule has 0 radical (unpaired) electrons. The van der Waals surface area contributed by atoms with Gasteiger partial charge in [-0.15, -0.1) is 0 Å². The third-order valence-corrected chi connectivity index (χ3v) is 4.93. The van der Waals surface area contributed by atoms with E-state index in [0.29, 0.717) is 31.5 Å². The van der Waals surface area contributed by atoms with Crippen molar-refractivity contribution in [2.45, 2.75) is 32.1 Å². The lowest BCUT2D eigenvalue weighted by atomic mass is 9.71. The Morgan fingerprint density at radius 3 is 2.67 bits per heavy atom. The van der Waals surface area contributed by atoms with Crippen molar-refractivity contribution < 1.29 is 18.4 Å². The molecular formula is C17H21F2N3O2. The van der Waals surface area contributed by atoms with Crippen LogP contribution in [0.25, 0.3) is 0 Å². The Labute approximate surface area is 139 Å². The van der Waals surface area contributed by atoms with Crippen LogP contribution in [0.4, 0.5) is 8.78 Å². The first-order valence-corrected chi connectivity index (χ1v) is 8.23. The van der Waals surface area contributed by atoms with Crippen molar-refractivity contribution in [3.8, 4) is 0 Å². The summed E-state index contributed by atoms with van der Waals surface area (Å²) in [6.07, 6.45) is 3.52. The summed E-state index contributed by atoms with van der Waals surface area (Å²) in [7, 11) is 0. The van der Waals surface area contributed by atoms with E-state index < -0.39 is 30.2 Å². The molecule has 0 bridgehead atoms. The van der Waals surface area contributed by atoms with Gasteiger partial charge in [0.2, 0.25) is 5.91 Å². The van der Waals surface area contributed by atoms with Gasteiger partial charge in [-0.2, -0.15) is 0 Å². The SMILES string of the molecule is CCN1CCC[C@@]2(CN(C(=O)c3ccncc3)CC(F)(F)C2)C1=O. The fourth-order valence-electron chi connectivity index (χ4n) is 3.89. The minimum absolute atomic E-state index is 0.0546. The standard InChI is InChI=1S/C17H21F2N3O2/c1-2-21-9-3-6-16(15(21)24)10-17(18,19)12-22(11-16)14(23)13-4-7-20-8-5-13/h4-5,7-8H,2-3,6,9-12H2,1H3/t16-/m1/s1. The number of piperidine rings is 2. The highest BCUT2D eigenvalue weighted by molar-refractivity contribution is 5.95. The van der Waals surface area contributed by atoms with E-state index in [0.717, 1.165) is 4.90 Å². The van der Waals surface area contributed by atoms with Crippen LogP contribution in [0.2, 0.25) is 0 Å². The Balaban J connectivity index is 1.90. The highest BCUT2D eigenvalue weighted by atomic mass is 19.3. The zero-order valence-corrected chi connectivity index (χ0v) is 13.7. The molecule has 3 heterocycles. The molecule has 0 unspecified atom stereocenters. The fraction of sp³-hybridized carbons (Fsp3) is 0.588. The maximum Gasteiger partial charge on any atom is 0.266 e. The molecule has 1 aromatic heterocycles. The number of pyridine rings is 1. The lowest BCUT2D eigenvalue weighted by Crippen LogP contribution is -2.61. The largest absolute Gasteiger partial charge is 0.342 e. The number of amides is 2. The van der Waals surface area contributed by atoms with Crippen molar-refractivity contribution >= 4 is 11.8 Å². The summed E-state index contributed by atoms with van der Waals surface area (Å²) in [6.45, 7) is 2.36. The summed E-state index contributed by atoms with van der Waals surface area (Å²) >= 11 is 0. The molecule has 1 aromatic rings. The molecule has 2 saturated heterocycles. The average Bonchev–Trinajstić information content (AvgIpc) is 2.56. The number of hydrogen-bond acceptors (Lipinski definition) is 3. The first-order chi connectivity index (χ1) is 11.4. The quantitative estimate of drug-likeness (QED) is 0.831. The van der Waals surface area contributed by atoms with E-state index in [1.54, 1.807) is 4.90 Å². The van der Waals surface area contributed by atoms with E-state index in [1.165, 1.54) is 24.5 Å². The topological polar surface area (TPSA) is 53.5 Å². The van der Waals surface area contributed by atoms with Crippen molar-refractivity contribution in [1.82, 2.24) is 14.8 Å². The highest BCUT2D eigenvalue weighted by Gasteiger charge is 2.55. The average molecular weight is 337 g/mol. The van der Waals surface area contributed by atoms with Gasteiger partial charge in [0, 0.05) is 44.0 Å². The molecule has 1 atom stereocenters. The summed E-state index contributed by atoms with van der Waals surface area (Å²) in [5.41, 5.74) is -0.855. The van der Waals surface area contributed by atoms with Gasteiger partial charge in [0.15, 0.2) is 0 Å². The molecule has 2 amide bonds. The molecule has 130 valence electrons. The van der Waals surface area contributed by atoms with E-state index in [4.69, 9.17) is 0 Å². The van der Waals surface area contributed by atoms with Gasteiger partial charge in [-0.25, -0.2) is 8.78 Å². The van der Waals surface area contributed by atoms with Crippen LogP contribution in [0.1, 0.15) is 36.5 Å². The lowest BCUT2D eigenvalue weighted by Gasteiger charge is -2.49. The van der Waals surface area contributed by atoms with Crippen LogP contribution in [0.15, 0.2) is 24.5 Å². The number of carbonyl (C=O) groups is 2. The van der Waals surface area contributed by atoms with Gasteiger partial charge in [0.05, 0.1) is 12.0 Å². The Morgan fingerprint density at radius 1 is 1.29 bits per heavy atom. The van der Waals surface area contributed by atoms with Crippen LogP contribution in [0.3, 0.4) is 0 Å². The van der Waals surface area contributed by atoms with Crippen LogP contribution < -0.4 is 0 Å². The molecule has 2 aliphatic rings. The summed E-state index contributed by atoms with van der Waals surface area (Å²) < 4.78 is 28.8. The van der Waals surface area contributed by atoms with Crippen LogP contribution in [-0.2, 0) is 4.79 Å². The number of halogens is 2. The summed E-state index contributed by atoms with van der Waals surface area (Å²) in [6, 6.07) is 3.01. The first kappa shape index (κ1) is 16.8.